The van der Waals surface area contributed by atoms with Gasteiger partial charge >= 0.3 is 0 Å². The van der Waals surface area contributed by atoms with E-state index in [1.165, 1.54) is 5.56 Å². The number of carbonyl (C=O) groups is 1. The van der Waals surface area contributed by atoms with Gasteiger partial charge in [-0.2, -0.15) is 0 Å². The van der Waals surface area contributed by atoms with Crippen molar-refractivity contribution in [2.75, 3.05) is 14.1 Å². The lowest BCUT2D eigenvalue weighted by Gasteiger charge is -2.09. The molecule has 0 radical (unpaired) electrons. The topological polar surface area (TPSA) is 20.3 Å². The zero-order valence-electron chi connectivity index (χ0n) is 7.75. The molecule has 0 heterocycles. The molecule has 0 aliphatic carbocycles. The Bertz CT molecular complexity index is 292. The minimum Gasteiger partial charge on any atom is -0.345 e. The summed E-state index contributed by atoms with van der Waals surface area (Å²) in [6.07, 6.45) is 0. The molecule has 2 nitrogen and oxygen atoms in total. The summed E-state index contributed by atoms with van der Waals surface area (Å²) in [5, 5.41) is 0.823. The SMILES string of the molecule is CN(C)C(=O)c1ccc(CBr)cc1. The highest BCUT2D eigenvalue weighted by molar-refractivity contribution is 9.08. The Morgan fingerprint density at radius 3 is 2.23 bits per heavy atom. The molecule has 0 aromatic heterocycles. The Labute approximate surface area is 86.7 Å². The van der Waals surface area contributed by atoms with Crippen LogP contribution in [-0.2, 0) is 5.33 Å². The average Bonchev–Trinajstić information content (AvgIpc) is 2.17. The number of hydrogen-bond acceptors (Lipinski definition) is 1. The maximum atomic E-state index is 11.5. The van der Waals surface area contributed by atoms with Crippen LogP contribution in [0.1, 0.15) is 15.9 Å². The van der Waals surface area contributed by atoms with Crippen molar-refractivity contribution in [1.29, 1.82) is 0 Å². The van der Waals surface area contributed by atoms with E-state index in [-0.39, 0.29) is 5.91 Å². The monoisotopic (exact) mass is 241 g/mol. The van der Waals surface area contributed by atoms with Gasteiger partial charge in [0, 0.05) is 25.0 Å². The van der Waals surface area contributed by atoms with E-state index in [1.807, 2.05) is 24.3 Å². The van der Waals surface area contributed by atoms with Gasteiger partial charge in [0.25, 0.3) is 5.91 Å². The standard InChI is InChI=1S/C10H12BrNO/c1-12(2)10(13)9-5-3-8(7-11)4-6-9/h3-6H,7H2,1-2H3. The van der Waals surface area contributed by atoms with Crippen LogP contribution in [0.25, 0.3) is 0 Å². The first-order valence-corrected chi connectivity index (χ1v) is 5.14. The number of hydrogen-bond donors (Lipinski definition) is 0. The molecule has 1 amide bonds. The molecule has 0 N–H and O–H groups in total. The molecule has 70 valence electrons. The normalized spacial score (nSPS) is 9.77. The summed E-state index contributed by atoms with van der Waals surface area (Å²) in [6, 6.07) is 7.59. The number of amides is 1. The fraction of sp³-hybridized carbons (Fsp3) is 0.300. The zero-order valence-corrected chi connectivity index (χ0v) is 9.34. The third-order valence-electron chi connectivity index (χ3n) is 1.76. The molecule has 1 aromatic carbocycles. The Morgan fingerprint density at radius 2 is 1.85 bits per heavy atom. The molecular weight excluding hydrogens is 230 g/mol. The van der Waals surface area contributed by atoms with Crippen LogP contribution in [-0.4, -0.2) is 24.9 Å². The molecule has 0 bridgehead atoms. The predicted octanol–water partition coefficient (Wildman–Crippen LogP) is 2.28. The third-order valence-corrected chi connectivity index (χ3v) is 2.41. The summed E-state index contributed by atoms with van der Waals surface area (Å²) in [5.74, 6) is 0.0427. The predicted molar refractivity (Wildman–Crippen MR) is 57.1 cm³/mol. The molecule has 0 saturated heterocycles. The number of rotatable bonds is 2. The van der Waals surface area contributed by atoms with Crippen LogP contribution in [0.15, 0.2) is 24.3 Å². The second kappa shape index (κ2) is 4.42. The van der Waals surface area contributed by atoms with Gasteiger partial charge in [0.2, 0.25) is 0 Å². The van der Waals surface area contributed by atoms with Crippen LogP contribution in [0, 0.1) is 0 Å². The van der Waals surface area contributed by atoms with Crippen molar-refractivity contribution >= 4 is 21.8 Å². The largest absolute Gasteiger partial charge is 0.345 e. The van der Waals surface area contributed by atoms with E-state index in [1.54, 1.807) is 19.0 Å². The van der Waals surface area contributed by atoms with Crippen molar-refractivity contribution in [3.8, 4) is 0 Å². The van der Waals surface area contributed by atoms with Gasteiger partial charge in [-0.3, -0.25) is 4.79 Å². The molecule has 0 fully saturated rings. The van der Waals surface area contributed by atoms with Crippen LogP contribution >= 0.6 is 15.9 Å². The van der Waals surface area contributed by atoms with Gasteiger partial charge in [0.1, 0.15) is 0 Å². The number of carbonyl (C=O) groups excluding carboxylic acids is 1. The van der Waals surface area contributed by atoms with Gasteiger partial charge in [-0.15, -0.1) is 0 Å². The van der Waals surface area contributed by atoms with Crippen LogP contribution in [0.4, 0.5) is 0 Å². The lowest BCUT2D eigenvalue weighted by atomic mass is 10.1. The maximum Gasteiger partial charge on any atom is 0.253 e. The van der Waals surface area contributed by atoms with Crippen molar-refractivity contribution < 1.29 is 4.79 Å². The van der Waals surface area contributed by atoms with Gasteiger partial charge in [-0.05, 0) is 17.7 Å². The van der Waals surface area contributed by atoms with E-state index in [0.29, 0.717) is 0 Å². The molecule has 1 aromatic rings. The van der Waals surface area contributed by atoms with Crippen LogP contribution < -0.4 is 0 Å². The van der Waals surface area contributed by atoms with Gasteiger partial charge in [0.15, 0.2) is 0 Å². The average molecular weight is 242 g/mol. The third kappa shape index (κ3) is 2.56. The first kappa shape index (κ1) is 10.3. The second-order valence-electron chi connectivity index (χ2n) is 3.03. The highest BCUT2D eigenvalue weighted by atomic mass is 79.9. The first-order chi connectivity index (χ1) is 6.15. The van der Waals surface area contributed by atoms with E-state index in [4.69, 9.17) is 0 Å². The summed E-state index contributed by atoms with van der Waals surface area (Å²) in [4.78, 5) is 13.0. The molecular formula is C10H12BrNO. The van der Waals surface area contributed by atoms with Crippen LogP contribution in [0.2, 0.25) is 0 Å². The van der Waals surface area contributed by atoms with Crippen molar-refractivity contribution in [3.05, 3.63) is 35.4 Å². The summed E-state index contributed by atoms with van der Waals surface area (Å²) in [7, 11) is 3.50. The van der Waals surface area contributed by atoms with E-state index in [0.717, 1.165) is 10.9 Å². The van der Waals surface area contributed by atoms with Crippen molar-refractivity contribution in [2.24, 2.45) is 0 Å². The molecule has 13 heavy (non-hydrogen) atoms. The molecule has 0 aliphatic rings. The van der Waals surface area contributed by atoms with E-state index >= 15 is 0 Å². The molecule has 0 aliphatic heterocycles. The summed E-state index contributed by atoms with van der Waals surface area (Å²) < 4.78 is 0. The Balaban J connectivity index is 2.86. The van der Waals surface area contributed by atoms with Crippen molar-refractivity contribution in [1.82, 2.24) is 4.90 Å². The molecule has 0 unspecified atom stereocenters. The molecule has 1 rings (SSSR count). The van der Waals surface area contributed by atoms with Crippen molar-refractivity contribution in [3.63, 3.8) is 0 Å². The summed E-state index contributed by atoms with van der Waals surface area (Å²) in [5.41, 5.74) is 1.91. The maximum absolute atomic E-state index is 11.5. The van der Waals surface area contributed by atoms with Crippen molar-refractivity contribution in [2.45, 2.75) is 5.33 Å². The Morgan fingerprint density at radius 1 is 1.31 bits per heavy atom. The summed E-state index contributed by atoms with van der Waals surface area (Å²) in [6.45, 7) is 0. The van der Waals surface area contributed by atoms with Gasteiger partial charge < -0.3 is 4.90 Å². The van der Waals surface area contributed by atoms with E-state index in [9.17, 15) is 4.79 Å². The Kier molecular flexibility index (Phi) is 3.48. The lowest BCUT2D eigenvalue weighted by Crippen LogP contribution is -2.21. The fourth-order valence-corrected chi connectivity index (χ4v) is 1.37. The van der Waals surface area contributed by atoms with Gasteiger partial charge in [-0.25, -0.2) is 0 Å². The quantitative estimate of drug-likeness (QED) is 0.728. The molecule has 0 spiro atoms. The zero-order chi connectivity index (χ0) is 9.84. The van der Waals surface area contributed by atoms with Crippen LogP contribution in [0.3, 0.4) is 0 Å². The van der Waals surface area contributed by atoms with E-state index in [2.05, 4.69) is 15.9 Å². The highest BCUT2D eigenvalue weighted by Gasteiger charge is 2.06. The molecule has 3 heteroatoms. The number of alkyl halides is 1. The summed E-state index contributed by atoms with van der Waals surface area (Å²) >= 11 is 3.35. The van der Waals surface area contributed by atoms with E-state index < -0.39 is 0 Å². The second-order valence-corrected chi connectivity index (χ2v) is 3.59. The lowest BCUT2D eigenvalue weighted by molar-refractivity contribution is 0.0827. The first-order valence-electron chi connectivity index (χ1n) is 4.01. The number of halogens is 1. The van der Waals surface area contributed by atoms with Gasteiger partial charge in [0.05, 0.1) is 0 Å². The number of nitrogens with zero attached hydrogens (tertiary/aromatic N) is 1. The fourth-order valence-electron chi connectivity index (χ4n) is 0.995. The molecule has 0 atom stereocenters. The smallest absolute Gasteiger partial charge is 0.253 e. The molecule has 0 saturated carbocycles. The highest BCUT2D eigenvalue weighted by Crippen LogP contribution is 2.08. The minimum atomic E-state index is 0.0427. The number of benzene rings is 1. The van der Waals surface area contributed by atoms with Crippen LogP contribution in [0.5, 0.6) is 0 Å². The Hall–Kier alpha value is -0.830. The van der Waals surface area contributed by atoms with Gasteiger partial charge in [-0.1, -0.05) is 28.1 Å². The minimum absolute atomic E-state index is 0.0427.